The number of nitrogens with zero attached hydrogens (tertiary/aromatic N) is 3. The molecule has 3 N–H and O–H groups in total. The minimum atomic E-state index is -0.404. The number of carbonyl (C=O) groups is 2. The van der Waals surface area contributed by atoms with E-state index < -0.39 is 12.0 Å². The van der Waals surface area contributed by atoms with Gasteiger partial charge in [-0.05, 0) is 43.7 Å². The molecule has 1 amide bonds. The lowest BCUT2D eigenvalue weighted by molar-refractivity contribution is -0.113. The number of ether oxygens (including phenoxy) is 1. The summed E-state index contributed by atoms with van der Waals surface area (Å²) in [7, 11) is 1.83. The first kappa shape index (κ1) is 22.5. The van der Waals surface area contributed by atoms with Crippen LogP contribution in [0, 0.1) is 6.92 Å². The number of amides is 1. The fourth-order valence-electron chi connectivity index (χ4n) is 2.88. The number of carbonyl (C=O) groups excluding carboxylic acids is 2. The average molecular weight is 440 g/mol. The molecule has 9 heteroatoms. The van der Waals surface area contributed by atoms with Crippen LogP contribution in [-0.2, 0) is 16.6 Å². The zero-order chi connectivity index (χ0) is 22.4. The summed E-state index contributed by atoms with van der Waals surface area (Å²) in [4.78, 5) is 24.0. The van der Waals surface area contributed by atoms with Gasteiger partial charge < -0.3 is 20.4 Å². The number of nitrogens with two attached hydrogens (primary N) is 1. The van der Waals surface area contributed by atoms with Crippen LogP contribution in [-0.4, -0.2) is 39.0 Å². The number of hydrogen-bond donors (Lipinski definition) is 2. The highest BCUT2D eigenvalue weighted by Crippen LogP contribution is 2.23. The Balaban J connectivity index is 1.57. The van der Waals surface area contributed by atoms with E-state index in [4.69, 9.17) is 10.5 Å². The molecule has 162 valence electrons. The molecule has 31 heavy (non-hydrogen) atoms. The third kappa shape index (κ3) is 5.71. The van der Waals surface area contributed by atoms with Crippen LogP contribution in [0.3, 0.4) is 0 Å². The largest absolute Gasteiger partial charge is 0.462 e. The van der Waals surface area contributed by atoms with E-state index >= 15 is 0 Å². The van der Waals surface area contributed by atoms with Gasteiger partial charge in [-0.3, -0.25) is 4.79 Å². The molecular formula is C22H25N5O3S. The third-order valence-electron chi connectivity index (χ3n) is 4.60. The molecule has 0 saturated heterocycles. The molecule has 0 aliphatic rings. The summed E-state index contributed by atoms with van der Waals surface area (Å²) in [6.07, 6.45) is 0. The molecular weight excluding hydrogens is 414 g/mol. The van der Waals surface area contributed by atoms with E-state index in [1.165, 1.54) is 11.8 Å². The average Bonchev–Trinajstić information content (AvgIpc) is 3.13. The fourth-order valence-corrected chi connectivity index (χ4v) is 3.59. The van der Waals surface area contributed by atoms with Crippen molar-refractivity contribution in [3.8, 4) is 0 Å². The first-order valence-corrected chi connectivity index (χ1v) is 10.8. The predicted molar refractivity (Wildman–Crippen MR) is 120 cm³/mol. The van der Waals surface area contributed by atoms with Gasteiger partial charge in [-0.1, -0.05) is 41.6 Å². The highest BCUT2D eigenvalue weighted by Gasteiger charge is 2.18. The molecule has 0 fully saturated rings. The number of rotatable bonds is 8. The Morgan fingerprint density at radius 2 is 1.81 bits per heavy atom. The number of thioether (sulfide) groups is 1. The Bertz CT molecular complexity index is 1050. The summed E-state index contributed by atoms with van der Waals surface area (Å²) in [6, 6.07) is 14.1. The van der Waals surface area contributed by atoms with Gasteiger partial charge >= 0.3 is 5.97 Å². The minimum absolute atomic E-state index is 0.158. The zero-order valence-electron chi connectivity index (χ0n) is 17.7. The summed E-state index contributed by atoms with van der Waals surface area (Å²) >= 11 is 1.27. The van der Waals surface area contributed by atoms with Crippen molar-refractivity contribution in [2.24, 2.45) is 12.8 Å². The second kappa shape index (κ2) is 10.2. The Kier molecular flexibility index (Phi) is 7.43. The summed E-state index contributed by atoms with van der Waals surface area (Å²) in [6.45, 7) is 4.08. The van der Waals surface area contributed by atoms with Crippen molar-refractivity contribution in [2.45, 2.75) is 25.0 Å². The van der Waals surface area contributed by atoms with Crippen LogP contribution in [0.2, 0.25) is 0 Å². The number of aromatic nitrogens is 3. The number of hydrogen-bond acceptors (Lipinski definition) is 7. The maximum Gasteiger partial charge on any atom is 0.338 e. The van der Waals surface area contributed by atoms with Gasteiger partial charge in [0, 0.05) is 12.7 Å². The summed E-state index contributed by atoms with van der Waals surface area (Å²) in [5.74, 6) is 0.200. The Labute approximate surface area is 185 Å². The van der Waals surface area contributed by atoms with Crippen molar-refractivity contribution in [1.82, 2.24) is 14.8 Å². The van der Waals surface area contributed by atoms with Crippen LogP contribution >= 0.6 is 11.8 Å². The highest BCUT2D eigenvalue weighted by molar-refractivity contribution is 7.99. The molecule has 0 bridgehead atoms. The minimum Gasteiger partial charge on any atom is -0.462 e. The number of benzene rings is 2. The number of aryl methyl sites for hydroxylation is 1. The van der Waals surface area contributed by atoms with Crippen LogP contribution < -0.4 is 11.1 Å². The molecule has 3 aromatic rings. The summed E-state index contributed by atoms with van der Waals surface area (Å²) in [5.41, 5.74) is 9.48. The van der Waals surface area contributed by atoms with E-state index in [-0.39, 0.29) is 11.7 Å². The van der Waals surface area contributed by atoms with Crippen molar-refractivity contribution in [1.29, 1.82) is 0 Å². The monoisotopic (exact) mass is 439 g/mol. The molecule has 1 atom stereocenters. The molecule has 2 aromatic carbocycles. The van der Waals surface area contributed by atoms with E-state index in [1.807, 2.05) is 38.2 Å². The fraction of sp³-hybridized carbons (Fsp3) is 0.273. The van der Waals surface area contributed by atoms with Gasteiger partial charge in [0.15, 0.2) is 11.0 Å². The molecule has 1 aromatic heterocycles. The van der Waals surface area contributed by atoms with Gasteiger partial charge in [-0.25, -0.2) is 4.79 Å². The molecule has 8 nitrogen and oxygen atoms in total. The molecule has 0 aliphatic carbocycles. The van der Waals surface area contributed by atoms with Crippen molar-refractivity contribution in [3.63, 3.8) is 0 Å². The van der Waals surface area contributed by atoms with Crippen molar-refractivity contribution < 1.29 is 14.3 Å². The van der Waals surface area contributed by atoms with Gasteiger partial charge in [-0.15, -0.1) is 10.2 Å². The Morgan fingerprint density at radius 3 is 2.45 bits per heavy atom. The van der Waals surface area contributed by atoms with Crippen LogP contribution in [0.4, 0.5) is 5.69 Å². The second-order valence-corrected chi connectivity index (χ2v) is 7.87. The predicted octanol–water partition coefficient (Wildman–Crippen LogP) is 3.08. The first-order chi connectivity index (χ1) is 14.9. The SMILES string of the molecule is CCOC(=O)c1ccc(NC(=O)CSc2nnc(C(N)c3ccc(C)cc3)n2C)cc1. The summed E-state index contributed by atoms with van der Waals surface area (Å²) in [5, 5.41) is 11.8. The first-order valence-electron chi connectivity index (χ1n) is 9.80. The van der Waals surface area contributed by atoms with Crippen molar-refractivity contribution >= 4 is 29.3 Å². The number of anilines is 1. The molecule has 0 aliphatic heterocycles. The number of nitrogens with one attached hydrogen (secondary N) is 1. The van der Waals surface area contributed by atoms with Gasteiger partial charge in [-0.2, -0.15) is 0 Å². The van der Waals surface area contributed by atoms with Crippen molar-refractivity contribution in [2.75, 3.05) is 17.7 Å². The number of esters is 1. The maximum absolute atomic E-state index is 12.3. The van der Waals surface area contributed by atoms with Gasteiger partial charge in [0.2, 0.25) is 5.91 Å². The van der Waals surface area contributed by atoms with Gasteiger partial charge in [0.1, 0.15) is 0 Å². The van der Waals surface area contributed by atoms with Crippen LogP contribution in [0.1, 0.15) is 40.3 Å². The van der Waals surface area contributed by atoms with E-state index in [9.17, 15) is 9.59 Å². The van der Waals surface area contributed by atoms with Crippen LogP contribution in [0.15, 0.2) is 53.7 Å². The molecule has 0 radical (unpaired) electrons. The van der Waals surface area contributed by atoms with E-state index in [0.29, 0.717) is 28.8 Å². The summed E-state index contributed by atoms with van der Waals surface area (Å²) < 4.78 is 6.75. The molecule has 1 unspecified atom stereocenters. The quantitative estimate of drug-likeness (QED) is 0.410. The standard InChI is InChI=1S/C22H25N5O3S/c1-4-30-21(29)16-9-11-17(12-10-16)24-18(28)13-31-22-26-25-20(27(22)3)19(23)15-7-5-14(2)6-8-15/h5-12,19H,4,13,23H2,1-3H3,(H,24,28). The lowest BCUT2D eigenvalue weighted by Gasteiger charge is -2.12. The lowest BCUT2D eigenvalue weighted by Crippen LogP contribution is -2.17. The van der Waals surface area contributed by atoms with Gasteiger partial charge in [0.25, 0.3) is 0 Å². The van der Waals surface area contributed by atoms with E-state index in [1.54, 1.807) is 35.8 Å². The molecule has 0 saturated carbocycles. The topological polar surface area (TPSA) is 112 Å². The highest BCUT2D eigenvalue weighted by atomic mass is 32.2. The normalized spacial score (nSPS) is 11.7. The third-order valence-corrected chi connectivity index (χ3v) is 5.62. The van der Waals surface area contributed by atoms with E-state index in [0.717, 1.165) is 11.1 Å². The van der Waals surface area contributed by atoms with Crippen LogP contribution in [0.5, 0.6) is 0 Å². The lowest BCUT2D eigenvalue weighted by atomic mass is 10.1. The smallest absolute Gasteiger partial charge is 0.338 e. The Hall–Kier alpha value is -3.17. The molecule has 1 heterocycles. The van der Waals surface area contributed by atoms with Crippen molar-refractivity contribution in [3.05, 3.63) is 71.0 Å². The van der Waals surface area contributed by atoms with Gasteiger partial charge in [0.05, 0.1) is 24.0 Å². The maximum atomic E-state index is 12.3. The molecule has 0 spiro atoms. The van der Waals surface area contributed by atoms with Crippen LogP contribution in [0.25, 0.3) is 0 Å². The zero-order valence-corrected chi connectivity index (χ0v) is 18.5. The second-order valence-electron chi connectivity index (χ2n) is 6.92. The Morgan fingerprint density at radius 1 is 1.13 bits per heavy atom. The van der Waals surface area contributed by atoms with E-state index in [2.05, 4.69) is 15.5 Å². The molecule has 3 rings (SSSR count).